The molecule has 33 heavy (non-hydrogen) atoms. The van der Waals surface area contributed by atoms with Crippen LogP contribution in [0.2, 0.25) is 39.3 Å². The second-order valence-electron chi connectivity index (χ2n) is 11.6. The molecule has 1 aromatic carbocycles. The molecule has 0 aliphatic carbocycles. The maximum atomic E-state index is 6.82. The molecule has 1 unspecified atom stereocenters. The first-order valence-corrected chi connectivity index (χ1v) is 18.9. The predicted molar refractivity (Wildman–Crippen MR) is 149 cm³/mol. The Balaban J connectivity index is 3.76. The van der Waals surface area contributed by atoms with E-state index < -0.39 is 16.6 Å². The number of nitrogens with zero attached hydrogens (tertiary/aromatic N) is 1. The minimum absolute atomic E-state index is 0.169. The lowest BCUT2D eigenvalue weighted by Gasteiger charge is -2.31. The third-order valence-corrected chi connectivity index (χ3v) is 6.71. The molecular weight excluding hydrogens is 442 g/mol. The highest BCUT2D eigenvalue weighted by Gasteiger charge is 2.30. The monoisotopic (exact) mass is 491 g/mol. The van der Waals surface area contributed by atoms with Crippen LogP contribution in [0.25, 0.3) is 0 Å². The van der Waals surface area contributed by atoms with Crippen molar-refractivity contribution >= 4 is 16.6 Å². The van der Waals surface area contributed by atoms with Crippen molar-refractivity contribution in [3.8, 4) is 11.5 Å². The zero-order valence-corrected chi connectivity index (χ0v) is 25.6. The SMILES string of the molecule is COc1c(O[Si](C)(C)C)c(C)cc(CN(C)C)c1C(/C=C(/C)CCC=C(C)C)O[Si](C)(C)C. The molecule has 1 rings (SSSR count). The summed E-state index contributed by atoms with van der Waals surface area (Å²) in [5, 5.41) is 0. The number of rotatable bonds is 12. The second-order valence-corrected chi connectivity index (χ2v) is 20.5. The molecule has 0 aliphatic rings. The summed E-state index contributed by atoms with van der Waals surface area (Å²) in [4.78, 5) is 2.20. The zero-order valence-electron chi connectivity index (χ0n) is 23.6. The van der Waals surface area contributed by atoms with E-state index >= 15 is 0 Å². The number of aryl methyl sites for hydroxylation is 1. The summed E-state index contributed by atoms with van der Waals surface area (Å²) in [6.07, 6.45) is 6.51. The largest absolute Gasteiger partial charge is 0.542 e. The van der Waals surface area contributed by atoms with Gasteiger partial charge in [0.05, 0.1) is 13.2 Å². The number of allylic oxidation sites excluding steroid dienone is 3. The van der Waals surface area contributed by atoms with E-state index in [1.165, 1.54) is 16.7 Å². The Labute approximate surface area is 206 Å². The van der Waals surface area contributed by atoms with E-state index in [2.05, 4.69) is 104 Å². The smallest absolute Gasteiger partial charge is 0.242 e. The van der Waals surface area contributed by atoms with Crippen LogP contribution in [-0.4, -0.2) is 42.7 Å². The average Bonchev–Trinajstić information content (AvgIpc) is 2.60. The van der Waals surface area contributed by atoms with Crippen LogP contribution in [0.15, 0.2) is 29.4 Å². The van der Waals surface area contributed by atoms with Gasteiger partial charge in [-0.15, -0.1) is 0 Å². The normalized spacial score (nSPS) is 13.8. The Morgan fingerprint density at radius 3 is 2.06 bits per heavy atom. The van der Waals surface area contributed by atoms with Gasteiger partial charge in [-0.3, -0.25) is 0 Å². The van der Waals surface area contributed by atoms with Crippen molar-refractivity contribution in [1.82, 2.24) is 4.90 Å². The first-order valence-electron chi connectivity index (χ1n) is 12.1. The van der Waals surface area contributed by atoms with Gasteiger partial charge in [0.2, 0.25) is 8.32 Å². The van der Waals surface area contributed by atoms with Gasteiger partial charge in [0.1, 0.15) is 5.75 Å². The van der Waals surface area contributed by atoms with Crippen LogP contribution in [0.3, 0.4) is 0 Å². The minimum atomic E-state index is -1.85. The molecule has 6 heteroatoms. The van der Waals surface area contributed by atoms with E-state index in [1.54, 1.807) is 7.11 Å². The molecule has 0 saturated heterocycles. The Morgan fingerprint density at radius 1 is 1.00 bits per heavy atom. The molecule has 0 heterocycles. The zero-order chi connectivity index (χ0) is 25.6. The molecular formula is C27H49NO3Si2. The lowest BCUT2D eigenvalue weighted by Crippen LogP contribution is -2.31. The summed E-state index contributed by atoms with van der Waals surface area (Å²) in [6.45, 7) is 22.8. The Bertz CT molecular complexity index is 842. The van der Waals surface area contributed by atoms with E-state index in [0.29, 0.717) is 0 Å². The summed E-state index contributed by atoms with van der Waals surface area (Å²) in [7, 11) is 2.27. The van der Waals surface area contributed by atoms with Gasteiger partial charge < -0.3 is 18.5 Å². The molecule has 0 fully saturated rings. The third kappa shape index (κ3) is 10.6. The summed E-state index contributed by atoms with van der Waals surface area (Å²) in [5.41, 5.74) is 6.15. The average molecular weight is 492 g/mol. The lowest BCUT2D eigenvalue weighted by atomic mass is 9.95. The topological polar surface area (TPSA) is 30.9 Å². The molecule has 0 bridgehead atoms. The molecule has 0 N–H and O–H groups in total. The van der Waals surface area contributed by atoms with E-state index in [0.717, 1.165) is 42.0 Å². The highest BCUT2D eigenvalue weighted by Crippen LogP contribution is 2.44. The maximum Gasteiger partial charge on any atom is 0.242 e. The summed E-state index contributed by atoms with van der Waals surface area (Å²) < 4.78 is 19.5. The summed E-state index contributed by atoms with van der Waals surface area (Å²) >= 11 is 0. The van der Waals surface area contributed by atoms with Crippen molar-refractivity contribution in [3.63, 3.8) is 0 Å². The van der Waals surface area contributed by atoms with Crippen LogP contribution in [0.1, 0.15) is 56.4 Å². The van der Waals surface area contributed by atoms with Crippen molar-refractivity contribution in [1.29, 1.82) is 0 Å². The predicted octanol–water partition coefficient (Wildman–Crippen LogP) is 7.86. The van der Waals surface area contributed by atoms with Gasteiger partial charge in [-0.25, -0.2) is 0 Å². The van der Waals surface area contributed by atoms with Gasteiger partial charge in [-0.1, -0.05) is 29.4 Å². The van der Waals surface area contributed by atoms with Crippen LogP contribution >= 0.6 is 0 Å². The van der Waals surface area contributed by atoms with Gasteiger partial charge in [-0.05, 0) is 105 Å². The van der Waals surface area contributed by atoms with E-state index in [-0.39, 0.29) is 6.10 Å². The summed E-state index contributed by atoms with van der Waals surface area (Å²) in [5.74, 6) is 1.69. The van der Waals surface area contributed by atoms with Crippen LogP contribution in [-0.2, 0) is 11.0 Å². The van der Waals surface area contributed by atoms with Crippen LogP contribution in [0, 0.1) is 6.92 Å². The number of benzene rings is 1. The molecule has 188 valence electrons. The lowest BCUT2D eigenvalue weighted by molar-refractivity contribution is 0.235. The standard InChI is InChI=1S/C27H49NO3Si2/c1-20(2)15-14-16-21(3)17-24(30-32(8,9)10)25-23(19-28(5)6)18-22(4)26(27(25)29-7)31-33(11,12)13/h15,17-18,24H,14,16,19H2,1-13H3/b21-17-. The van der Waals surface area contributed by atoms with Gasteiger partial charge in [0, 0.05) is 12.1 Å². The van der Waals surface area contributed by atoms with Gasteiger partial charge in [0.15, 0.2) is 14.1 Å². The molecule has 1 atom stereocenters. The van der Waals surface area contributed by atoms with E-state index in [9.17, 15) is 0 Å². The minimum Gasteiger partial charge on any atom is -0.542 e. The Hall–Kier alpha value is -1.35. The second kappa shape index (κ2) is 12.4. The van der Waals surface area contributed by atoms with Crippen LogP contribution in [0.5, 0.6) is 11.5 Å². The highest BCUT2D eigenvalue weighted by molar-refractivity contribution is 6.70. The maximum absolute atomic E-state index is 6.82. The fourth-order valence-electron chi connectivity index (χ4n) is 3.76. The number of methoxy groups -OCH3 is 1. The highest BCUT2D eigenvalue weighted by atomic mass is 28.4. The summed E-state index contributed by atoms with van der Waals surface area (Å²) in [6, 6.07) is 2.26. The molecule has 0 spiro atoms. The Morgan fingerprint density at radius 2 is 1.61 bits per heavy atom. The fourth-order valence-corrected chi connectivity index (χ4v) is 5.57. The molecule has 4 nitrogen and oxygen atoms in total. The quantitative estimate of drug-likeness (QED) is 0.220. The molecule has 1 aromatic rings. The fraction of sp³-hybridized carbons (Fsp3) is 0.630. The molecule has 0 aliphatic heterocycles. The van der Waals surface area contributed by atoms with Gasteiger partial charge >= 0.3 is 0 Å². The van der Waals surface area contributed by atoms with Gasteiger partial charge in [0.25, 0.3) is 0 Å². The molecule has 0 saturated carbocycles. The van der Waals surface area contributed by atoms with Crippen molar-refractivity contribution in [2.24, 2.45) is 0 Å². The molecule has 0 aromatic heterocycles. The van der Waals surface area contributed by atoms with Crippen LogP contribution in [0.4, 0.5) is 0 Å². The van der Waals surface area contributed by atoms with Crippen molar-refractivity contribution in [2.45, 2.75) is 92.5 Å². The van der Waals surface area contributed by atoms with Crippen molar-refractivity contribution in [3.05, 3.63) is 46.1 Å². The van der Waals surface area contributed by atoms with E-state index in [1.807, 2.05) is 0 Å². The number of hydrogen-bond acceptors (Lipinski definition) is 4. The van der Waals surface area contributed by atoms with Crippen LogP contribution < -0.4 is 9.16 Å². The first-order chi connectivity index (χ1) is 15.0. The van der Waals surface area contributed by atoms with Crippen molar-refractivity contribution < 1.29 is 13.6 Å². The molecule has 0 amide bonds. The van der Waals surface area contributed by atoms with Gasteiger partial charge in [-0.2, -0.15) is 0 Å². The molecule has 0 radical (unpaired) electrons. The Kier molecular flexibility index (Phi) is 11.1. The first kappa shape index (κ1) is 29.7. The van der Waals surface area contributed by atoms with Crippen molar-refractivity contribution in [2.75, 3.05) is 21.2 Å². The number of hydrogen-bond donors (Lipinski definition) is 0. The van der Waals surface area contributed by atoms with E-state index in [4.69, 9.17) is 13.6 Å². The third-order valence-electron chi connectivity index (χ3n) is 4.94. The number of ether oxygens (including phenoxy) is 1.